The van der Waals surface area contributed by atoms with E-state index in [-0.39, 0.29) is 22.8 Å². The van der Waals surface area contributed by atoms with Gasteiger partial charge in [0.15, 0.2) is 18.0 Å². The minimum absolute atomic E-state index is 0.00282. The number of ether oxygens (including phenoxy) is 3. The molecule has 0 unspecified atom stereocenters. The molecule has 2 aromatic rings. The first kappa shape index (κ1) is 29.9. The smallest absolute Gasteiger partial charge is 0.268 e. The number of hydrogen-bond acceptors (Lipinski definition) is 13. The number of phenols is 2. The lowest BCUT2D eigenvalue weighted by Gasteiger charge is -2.54. The van der Waals surface area contributed by atoms with E-state index in [9.17, 15) is 50.8 Å². The van der Waals surface area contributed by atoms with Crippen molar-refractivity contribution in [2.45, 2.75) is 67.6 Å². The average Bonchev–Trinajstić information content (AvgIpc) is 2.93. The molecule has 2 aromatic carbocycles. The summed E-state index contributed by atoms with van der Waals surface area (Å²) in [6.07, 6.45) is -12.5. The van der Waals surface area contributed by atoms with Crippen LogP contribution >= 0.6 is 0 Å². The Morgan fingerprint density at radius 2 is 1.60 bits per heavy atom. The third kappa shape index (κ3) is 5.56. The molecule has 2 saturated heterocycles. The van der Waals surface area contributed by atoms with Gasteiger partial charge in [-0.1, -0.05) is 18.2 Å². The van der Waals surface area contributed by atoms with Crippen LogP contribution in [0.1, 0.15) is 22.8 Å². The zero-order valence-electron chi connectivity index (χ0n) is 21.3. The van der Waals surface area contributed by atoms with Gasteiger partial charge in [0, 0.05) is 6.07 Å². The van der Waals surface area contributed by atoms with E-state index < -0.39 is 73.1 Å². The SMILES string of the molecule is C[C@@H]1O[C@H]([C@]2(Oc3ccc(C=CC(=O)c4ccc(O)cc4O)cc3)O[C@@H](CO)[C@H](O)[C@H](O)[C@@H]2O)[C@@H](O)[C@H](O)[C@@H]1O. The van der Waals surface area contributed by atoms with Crippen LogP contribution in [0.2, 0.25) is 0 Å². The van der Waals surface area contributed by atoms with Crippen LogP contribution in [0.25, 0.3) is 6.08 Å². The summed E-state index contributed by atoms with van der Waals surface area (Å²) in [5, 5.41) is 92.1. The zero-order chi connectivity index (χ0) is 29.4. The molecule has 2 aliphatic rings. The quantitative estimate of drug-likeness (QED) is 0.137. The van der Waals surface area contributed by atoms with Crippen LogP contribution < -0.4 is 4.74 Å². The molecule has 13 heteroatoms. The summed E-state index contributed by atoms with van der Waals surface area (Å²) in [6, 6.07) is 9.38. The van der Waals surface area contributed by atoms with Gasteiger partial charge in [0.05, 0.1) is 18.3 Å². The van der Waals surface area contributed by atoms with Crippen LogP contribution in [0, 0.1) is 0 Å². The van der Waals surface area contributed by atoms with Crippen LogP contribution in [0.15, 0.2) is 48.5 Å². The lowest BCUT2D eigenvalue weighted by atomic mass is 9.83. The minimum atomic E-state index is -2.47. The van der Waals surface area contributed by atoms with E-state index in [0.717, 1.165) is 6.07 Å². The molecule has 0 saturated carbocycles. The van der Waals surface area contributed by atoms with Crippen molar-refractivity contribution in [3.63, 3.8) is 0 Å². The number of aliphatic hydroxyl groups is 7. The lowest BCUT2D eigenvalue weighted by Crippen LogP contribution is -2.76. The molecule has 218 valence electrons. The lowest BCUT2D eigenvalue weighted by molar-refractivity contribution is -0.394. The van der Waals surface area contributed by atoms with E-state index in [2.05, 4.69) is 0 Å². The number of ketones is 1. The van der Waals surface area contributed by atoms with Gasteiger partial charge < -0.3 is 60.2 Å². The van der Waals surface area contributed by atoms with Gasteiger partial charge in [-0.3, -0.25) is 4.79 Å². The molecule has 2 heterocycles. The van der Waals surface area contributed by atoms with Crippen LogP contribution in [-0.4, -0.2) is 119 Å². The Labute approximate surface area is 228 Å². The Bertz CT molecular complexity index is 1220. The first-order valence-electron chi connectivity index (χ1n) is 12.5. The maximum atomic E-state index is 12.4. The molecule has 40 heavy (non-hydrogen) atoms. The second-order valence-electron chi connectivity index (χ2n) is 9.79. The maximum Gasteiger partial charge on any atom is 0.268 e. The largest absolute Gasteiger partial charge is 0.508 e. The molecule has 0 radical (unpaired) electrons. The predicted molar refractivity (Wildman–Crippen MR) is 135 cm³/mol. The van der Waals surface area contributed by atoms with Crippen molar-refractivity contribution in [3.8, 4) is 17.2 Å². The Morgan fingerprint density at radius 3 is 2.23 bits per heavy atom. The normalized spacial score (nSPS) is 36.5. The van der Waals surface area contributed by atoms with Gasteiger partial charge in [0.1, 0.15) is 53.9 Å². The van der Waals surface area contributed by atoms with Crippen molar-refractivity contribution >= 4 is 11.9 Å². The number of hydrogen-bond donors (Lipinski definition) is 9. The molecule has 0 aromatic heterocycles. The van der Waals surface area contributed by atoms with Gasteiger partial charge in [0.2, 0.25) is 0 Å². The molecule has 0 aliphatic carbocycles. The second-order valence-corrected chi connectivity index (χ2v) is 9.79. The molecule has 13 nitrogen and oxygen atoms in total. The topological polar surface area (TPSA) is 227 Å². The third-order valence-electron chi connectivity index (χ3n) is 7.06. The van der Waals surface area contributed by atoms with Gasteiger partial charge in [0.25, 0.3) is 5.79 Å². The molecular formula is C27H32O13. The monoisotopic (exact) mass is 564 g/mol. The number of aliphatic hydroxyl groups excluding tert-OH is 7. The fraction of sp³-hybridized carbons (Fsp3) is 0.444. The van der Waals surface area contributed by atoms with E-state index in [4.69, 9.17) is 14.2 Å². The Balaban J connectivity index is 1.62. The number of phenolic OH excluding ortho intramolecular Hbond substituents is 2. The summed E-state index contributed by atoms with van der Waals surface area (Å²) in [7, 11) is 0. The van der Waals surface area contributed by atoms with Crippen LogP contribution in [0.5, 0.6) is 17.2 Å². The van der Waals surface area contributed by atoms with E-state index in [1.54, 1.807) is 0 Å². The number of carbonyl (C=O) groups is 1. The molecule has 9 N–H and O–H groups in total. The van der Waals surface area contributed by atoms with Crippen molar-refractivity contribution in [1.82, 2.24) is 0 Å². The molecule has 0 bridgehead atoms. The fourth-order valence-electron chi connectivity index (χ4n) is 4.75. The van der Waals surface area contributed by atoms with Crippen LogP contribution in [0.3, 0.4) is 0 Å². The first-order chi connectivity index (χ1) is 18.9. The van der Waals surface area contributed by atoms with E-state index in [1.165, 1.54) is 55.5 Å². The molecular weight excluding hydrogens is 532 g/mol. The average molecular weight is 565 g/mol. The highest BCUT2D eigenvalue weighted by atomic mass is 16.7. The van der Waals surface area contributed by atoms with Crippen molar-refractivity contribution in [3.05, 3.63) is 59.7 Å². The maximum absolute atomic E-state index is 12.4. The molecule has 0 amide bonds. The van der Waals surface area contributed by atoms with Gasteiger partial charge >= 0.3 is 0 Å². The summed E-state index contributed by atoms with van der Waals surface area (Å²) in [6.45, 7) is 0.582. The second kappa shape index (κ2) is 11.8. The third-order valence-corrected chi connectivity index (χ3v) is 7.06. The van der Waals surface area contributed by atoms with Crippen molar-refractivity contribution < 1.29 is 65.0 Å². The van der Waals surface area contributed by atoms with E-state index in [0.29, 0.717) is 5.56 Å². The van der Waals surface area contributed by atoms with Gasteiger partial charge in [-0.25, -0.2) is 0 Å². The Hall–Kier alpha value is -3.11. The van der Waals surface area contributed by atoms with Gasteiger partial charge in [-0.05, 0) is 42.8 Å². The van der Waals surface area contributed by atoms with Crippen molar-refractivity contribution in [2.24, 2.45) is 0 Å². The summed E-state index contributed by atoms with van der Waals surface area (Å²) in [5.74, 6) is -3.58. The molecule has 2 aliphatic heterocycles. The number of rotatable bonds is 7. The number of aromatic hydroxyl groups is 2. The van der Waals surface area contributed by atoms with Gasteiger partial charge in [-0.2, -0.15) is 0 Å². The zero-order valence-corrected chi connectivity index (χ0v) is 21.3. The molecule has 2 fully saturated rings. The summed E-state index contributed by atoms with van der Waals surface area (Å²) in [5.41, 5.74) is 0.481. The standard InChI is InChI=1S/C27H32O13/c1-12-20(32)22(34)24(36)26(38-12)27(25(37)23(35)21(33)19(11-28)40-27)39-15-6-2-13(3-7-15)4-9-17(30)16-8-5-14(29)10-18(16)31/h2-10,12,19-26,28-29,31-37H,11H2,1H3/t12-,19-,20+,21-,22+,23-,24-,25-,26-,27+/m0/s1. The van der Waals surface area contributed by atoms with E-state index in [1.807, 2.05) is 0 Å². The summed E-state index contributed by atoms with van der Waals surface area (Å²) >= 11 is 0. The fourth-order valence-corrected chi connectivity index (χ4v) is 4.75. The summed E-state index contributed by atoms with van der Waals surface area (Å²) in [4.78, 5) is 12.4. The van der Waals surface area contributed by atoms with Crippen LogP contribution in [0.4, 0.5) is 0 Å². The molecule has 0 spiro atoms. The summed E-state index contributed by atoms with van der Waals surface area (Å²) < 4.78 is 17.3. The predicted octanol–water partition coefficient (Wildman–Crippen LogP) is -1.59. The Morgan fingerprint density at radius 1 is 0.925 bits per heavy atom. The van der Waals surface area contributed by atoms with Crippen molar-refractivity contribution in [1.29, 1.82) is 0 Å². The minimum Gasteiger partial charge on any atom is -0.508 e. The number of benzene rings is 2. The molecule has 4 rings (SSSR count). The number of allylic oxidation sites excluding steroid dienone is 1. The van der Waals surface area contributed by atoms with Crippen LogP contribution in [-0.2, 0) is 9.47 Å². The van der Waals surface area contributed by atoms with Crippen molar-refractivity contribution in [2.75, 3.05) is 6.61 Å². The highest BCUT2D eigenvalue weighted by Gasteiger charge is 2.64. The van der Waals surface area contributed by atoms with Gasteiger partial charge in [-0.15, -0.1) is 0 Å². The first-order valence-corrected chi connectivity index (χ1v) is 12.5. The number of carbonyl (C=O) groups excluding carboxylic acids is 1. The highest BCUT2D eigenvalue weighted by Crippen LogP contribution is 2.41. The highest BCUT2D eigenvalue weighted by molar-refractivity contribution is 6.08. The molecule has 10 atom stereocenters. The van der Waals surface area contributed by atoms with E-state index >= 15 is 0 Å². The Kier molecular flexibility index (Phi) is 8.80.